The summed E-state index contributed by atoms with van der Waals surface area (Å²) in [6.45, 7) is 0. The van der Waals surface area contributed by atoms with Gasteiger partial charge in [-0.15, -0.1) is 0 Å². The summed E-state index contributed by atoms with van der Waals surface area (Å²) in [6.07, 6.45) is 7.46. The minimum Gasteiger partial charge on any atom is -0.345 e. The molecule has 1 aliphatic carbocycles. The van der Waals surface area contributed by atoms with Crippen molar-refractivity contribution in [3.63, 3.8) is 0 Å². The largest absolute Gasteiger partial charge is 0.345 e. The van der Waals surface area contributed by atoms with Crippen molar-refractivity contribution < 1.29 is 14.4 Å². The van der Waals surface area contributed by atoms with Crippen LogP contribution in [0.3, 0.4) is 0 Å². The summed E-state index contributed by atoms with van der Waals surface area (Å²) in [6, 6.07) is 17.0. The Morgan fingerprint density at radius 3 is 2.33 bits per heavy atom. The van der Waals surface area contributed by atoms with E-state index in [1.54, 1.807) is 0 Å². The molecule has 2 atom stereocenters. The first-order valence-corrected chi connectivity index (χ1v) is 10.9. The summed E-state index contributed by atoms with van der Waals surface area (Å²) in [5, 5.41) is 5.44. The lowest BCUT2D eigenvalue weighted by atomic mass is 9.84. The van der Waals surface area contributed by atoms with Crippen molar-refractivity contribution in [1.29, 1.82) is 0 Å². The molecular weight excluding hydrogens is 376 g/mol. The number of nitrogens with one attached hydrogen (secondary N) is 2. The zero-order valence-corrected chi connectivity index (χ0v) is 17.1. The number of carbonyl (C=O) groups excluding carboxylic acids is 3. The van der Waals surface area contributed by atoms with Gasteiger partial charge >= 0.3 is 0 Å². The average molecular weight is 405 g/mol. The van der Waals surface area contributed by atoms with Crippen molar-refractivity contribution in [1.82, 2.24) is 5.32 Å². The molecule has 5 heteroatoms. The van der Waals surface area contributed by atoms with E-state index in [1.165, 1.54) is 37.7 Å². The molecule has 30 heavy (non-hydrogen) atoms. The second-order valence-electron chi connectivity index (χ2n) is 8.37. The molecule has 2 aromatic rings. The van der Waals surface area contributed by atoms with Crippen LogP contribution in [0.15, 0.2) is 54.6 Å². The highest BCUT2D eigenvalue weighted by Crippen LogP contribution is 2.33. The average Bonchev–Trinajstić information content (AvgIpc) is 3.07. The summed E-state index contributed by atoms with van der Waals surface area (Å²) in [4.78, 5) is 37.6. The van der Waals surface area contributed by atoms with E-state index in [1.807, 2.05) is 54.6 Å². The minimum atomic E-state index is -1.27. The van der Waals surface area contributed by atoms with Crippen LogP contribution in [0.5, 0.6) is 0 Å². The second-order valence-corrected chi connectivity index (χ2v) is 8.37. The van der Waals surface area contributed by atoms with Crippen LogP contribution in [0.4, 0.5) is 5.69 Å². The van der Waals surface area contributed by atoms with Crippen molar-refractivity contribution in [3.8, 4) is 0 Å². The van der Waals surface area contributed by atoms with Crippen LogP contribution < -0.4 is 10.6 Å². The van der Waals surface area contributed by atoms with Crippen LogP contribution in [-0.2, 0) is 20.8 Å². The van der Waals surface area contributed by atoms with Gasteiger partial charge in [0, 0.05) is 5.69 Å². The van der Waals surface area contributed by atoms with Crippen molar-refractivity contribution in [2.45, 2.75) is 56.9 Å². The summed E-state index contributed by atoms with van der Waals surface area (Å²) in [7, 11) is 0. The molecule has 156 valence electrons. The van der Waals surface area contributed by atoms with E-state index < -0.39 is 23.8 Å². The molecule has 4 rings (SSSR count). The lowest BCUT2D eigenvalue weighted by molar-refractivity contribution is -0.135. The molecule has 1 heterocycles. The number of anilines is 1. The van der Waals surface area contributed by atoms with Crippen molar-refractivity contribution in [3.05, 3.63) is 65.7 Å². The lowest BCUT2D eigenvalue weighted by Gasteiger charge is -2.22. The van der Waals surface area contributed by atoms with Gasteiger partial charge in [0.2, 0.25) is 11.8 Å². The highest BCUT2D eigenvalue weighted by molar-refractivity contribution is 6.26. The molecule has 2 unspecified atom stereocenters. The third-order valence-electron chi connectivity index (χ3n) is 6.29. The number of aryl methyl sites for hydroxylation is 1. The van der Waals surface area contributed by atoms with Crippen LogP contribution >= 0.6 is 0 Å². The van der Waals surface area contributed by atoms with Gasteiger partial charge in [-0.25, -0.2) is 0 Å². The minimum absolute atomic E-state index is 0.341. The summed E-state index contributed by atoms with van der Waals surface area (Å²) < 4.78 is 0. The molecule has 0 aromatic heterocycles. The van der Waals surface area contributed by atoms with Crippen molar-refractivity contribution >= 4 is 23.3 Å². The van der Waals surface area contributed by atoms with E-state index in [-0.39, 0.29) is 5.78 Å². The molecule has 2 fully saturated rings. The SMILES string of the molecule is O=C(Nc1ccc(C2CCCCC2)cc1)C1C(=O)NC(CCc2ccccc2)C1=O. The van der Waals surface area contributed by atoms with E-state index in [0.717, 1.165) is 5.56 Å². The smallest absolute Gasteiger partial charge is 0.244 e. The van der Waals surface area contributed by atoms with Gasteiger partial charge < -0.3 is 10.6 Å². The maximum atomic E-state index is 12.7. The number of rotatable bonds is 6. The maximum Gasteiger partial charge on any atom is 0.244 e. The normalized spacial score (nSPS) is 22.0. The van der Waals surface area contributed by atoms with Gasteiger partial charge in [0.15, 0.2) is 11.7 Å². The molecule has 1 saturated carbocycles. The first-order chi connectivity index (χ1) is 14.6. The Balaban J connectivity index is 1.34. The topological polar surface area (TPSA) is 75.3 Å². The molecule has 2 aromatic carbocycles. The van der Waals surface area contributed by atoms with E-state index in [0.29, 0.717) is 24.4 Å². The van der Waals surface area contributed by atoms with Crippen molar-refractivity contribution in [2.24, 2.45) is 5.92 Å². The fourth-order valence-corrected chi connectivity index (χ4v) is 4.56. The number of amides is 2. The predicted molar refractivity (Wildman–Crippen MR) is 116 cm³/mol. The molecule has 2 aliphatic rings. The summed E-state index contributed by atoms with van der Waals surface area (Å²) in [5.74, 6) is -2.08. The van der Waals surface area contributed by atoms with E-state index in [9.17, 15) is 14.4 Å². The van der Waals surface area contributed by atoms with Crippen LogP contribution in [0.2, 0.25) is 0 Å². The highest BCUT2D eigenvalue weighted by Gasteiger charge is 2.45. The molecule has 1 aliphatic heterocycles. The Kier molecular flexibility index (Phi) is 6.26. The molecule has 2 amide bonds. The van der Waals surface area contributed by atoms with Crippen LogP contribution in [0, 0.1) is 5.92 Å². The summed E-state index contributed by atoms with van der Waals surface area (Å²) >= 11 is 0. The molecule has 0 spiro atoms. The standard InChI is InChI=1S/C25H28N2O3/c28-23-21(16-11-17-7-3-1-4-8-17)27-25(30)22(23)24(29)26-20-14-12-19(13-15-20)18-9-5-2-6-10-18/h1,3-4,7-8,12-15,18,21-22H,2,5-6,9-11,16H2,(H,26,29)(H,27,30). The van der Waals surface area contributed by atoms with Gasteiger partial charge in [0.1, 0.15) is 0 Å². The van der Waals surface area contributed by atoms with Gasteiger partial charge in [-0.2, -0.15) is 0 Å². The number of ketones is 1. The van der Waals surface area contributed by atoms with Crippen LogP contribution in [0.1, 0.15) is 55.6 Å². The second kappa shape index (κ2) is 9.24. The first-order valence-electron chi connectivity index (χ1n) is 10.9. The first kappa shape index (κ1) is 20.3. The fourth-order valence-electron chi connectivity index (χ4n) is 4.56. The predicted octanol–water partition coefficient (Wildman–Crippen LogP) is 3.99. The molecular formula is C25H28N2O3. The Morgan fingerprint density at radius 1 is 0.933 bits per heavy atom. The number of hydrogen-bond acceptors (Lipinski definition) is 3. The maximum absolute atomic E-state index is 12.7. The third kappa shape index (κ3) is 4.61. The number of hydrogen-bond donors (Lipinski definition) is 2. The van der Waals surface area contributed by atoms with E-state index in [2.05, 4.69) is 10.6 Å². The van der Waals surface area contributed by atoms with Crippen LogP contribution in [0.25, 0.3) is 0 Å². The van der Waals surface area contributed by atoms with Gasteiger partial charge in [-0.3, -0.25) is 14.4 Å². The molecule has 2 N–H and O–H groups in total. The lowest BCUT2D eigenvalue weighted by Crippen LogP contribution is -2.33. The van der Waals surface area contributed by atoms with Crippen molar-refractivity contribution in [2.75, 3.05) is 5.32 Å². The van der Waals surface area contributed by atoms with Gasteiger partial charge in [0.25, 0.3) is 0 Å². The highest BCUT2D eigenvalue weighted by atomic mass is 16.2. The quantitative estimate of drug-likeness (QED) is 0.715. The number of benzene rings is 2. The third-order valence-corrected chi connectivity index (χ3v) is 6.29. The molecule has 0 radical (unpaired) electrons. The van der Waals surface area contributed by atoms with E-state index >= 15 is 0 Å². The van der Waals surface area contributed by atoms with Gasteiger partial charge in [0.05, 0.1) is 6.04 Å². The van der Waals surface area contributed by atoms with Crippen LogP contribution in [-0.4, -0.2) is 23.6 Å². The zero-order chi connectivity index (χ0) is 20.9. The zero-order valence-electron chi connectivity index (χ0n) is 17.1. The number of carbonyl (C=O) groups is 3. The Morgan fingerprint density at radius 2 is 1.63 bits per heavy atom. The molecule has 1 saturated heterocycles. The summed E-state index contributed by atoms with van der Waals surface area (Å²) in [5.41, 5.74) is 3.02. The van der Waals surface area contributed by atoms with Gasteiger partial charge in [-0.1, -0.05) is 61.7 Å². The fraction of sp³-hybridized carbons (Fsp3) is 0.400. The Hall–Kier alpha value is -2.95. The van der Waals surface area contributed by atoms with Gasteiger partial charge in [-0.05, 0) is 54.9 Å². The number of Topliss-reactive ketones (excluding diaryl/α,β-unsaturated/α-hetero) is 1. The Bertz CT molecular complexity index is 902. The molecule has 5 nitrogen and oxygen atoms in total. The molecule has 0 bridgehead atoms. The van der Waals surface area contributed by atoms with E-state index in [4.69, 9.17) is 0 Å². The monoisotopic (exact) mass is 404 g/mol. The Labute approximate surface area is 177 Å².